The Bertz CT molecular complexity index is 896. The van der Waals surface area contributed by atoms with E-state index >= 15 is 0 Å². The summed E-state index contributed by atoms with van der Waals surface area (Å²) < 4.78 is 5.19. The minimum atomic E-state index is 0.384. The van der Waals surface area contributed by atoms with Gasteiger partial charge in [-0.3, -0.25) is 0 Å². The van der Waals surface area contributed by atoms with Gasteiger partial charge in [0.05, 0.1) is 13.3 Å². The lowest BCUT2D eigenvalue weighted by atomic mass is 9.93. The molecule has 0 unspecified atom stereocenters. The average molecular weight is 377 g/mol. The molecule has 1 aromatic heterocycles. The van der Waals surface area contributed by atoms with Crippen molar-refractivity contribution in [1.82, 2.24) is 15.2 Å². The fourth-order valence-electron chi connectivity index (χ4n) is 3.05. The van der Waals surface area contributed by atoms with Crippen LogP contribution in [0.5, 0.6) is 5.75 Å². The Morgan fingerprint density at radius 3 is 2.07 bits per heavy atom. The van der Waals surface area contributed by atoms with Gasteiger partial charge in [-0.25, -0.2) is 0 Å². The van der Waals surface area contributed by atoms with Crippen LogP contribution in [0.3, 0.4) is 0 Å². The maximum absolute atomic E-state index is 5.19. The molecule has 0 spiro atoms. The summed E-state index contributed by atoms with van der Waals surface area (Å²) in [6, 6.07) is 14.0. The molecular weight excluding hydrogens is 350 g/mol. The topological polar surface area (TPSA) is 72.0 Å². The average Bonchev–Trinajstić information content (AvgIpc) is 2.68. The van der Waals surface area contributed by atoms with E-state index in [9.17, 15) is 0 Å². The Labute approximate surface area is 166 Å². The third-order valence-corrected chi connectivity index (χ3v) is 4.53. The van der Waals surface area contributed by atoms with Crippen LogP contribution in [-0.4, -0.2) is 22.3 Å². The van der Waals surface area contributed by atoms with Crippen LogP contribution in [0.15, 0.2) is 48.7 Å². The molecule has 6 nitrogen and oxygen atoms in total. The van der Waals surface area contributed by atoms with E-state index in [1.54, 1.807) is 13.3 Å². The van der Waals surface area contributed by atoms with Gasteiger partial charge in [0.2, 0.25) is 5.95 Å². The van der Waals surface area contributed by atoms with Gasteiger partial charge in [0.15, 0.2) is 5.82 Å². The number of benzene rings is 2. The molecule has 0 bridgehead atoms. The number of hydrogen-bond acceptors (Lipinski definition) is 6. The van der Waals surface area contributed by atoms with Crippen molar-refractivity contribution < 1.29 is 4.74 Å². The number of para-hydroxylation sites is 1. The summed E-state index contributed by atoms with van der Waals surface area (Å²) in [5, 5.41) is 14.9. The van der Waals surface area contributed by atoms with Crippen LogP contribution in [0.25, 0.3) is 0 Å². The first-order chi connectivity index (χ1) is 13.5. The predicted octanol–water partition coefficient (Wildman–Crippen LogP) is 5.61. The van der Waals surface area contributed by atoms with Gasteiger partial charge in [0, 0.05) is 11.4 Å². The lowest BCUT2D eigenvalue weighted by Gasteiger charge is -2.20. The molecule has 0 atom stereocenters. The number of methoxy groups -OCH3 is 1. The predicted molar refractivity (Wildman–Crippen MR) is 114 cm³/mol. The zero-order valence-corrected chi connectivity index (χ0v) is 17.0. The standard InChI is InChI=1S/C22H27N5O/c1-14(2)18-7-6-8-19(15(3)4)21(18)26-22-25-20(13-23-27-22)24-16-9-11-17(28-5)12-10-16/h6-15H,1-5H3,(H2,24,25,26,27). The number of rotatable bonds is 7. The number of ether oxygens (including phenoxy) is 1. The van der Waals surface area contributed by atoms with Gasteiger partial charge < -0.3 is 15.4 Å². The summed E-state index contributed by atoms with van der Waals surface area (Å²) >= 11 is 0. The summed E-state index contributed by atoms with van der Waals surface area (Å²) in [6.07, 6.45) is 1.60. The molecule has 0 fully saturated rings. The summed E-state index contributed by atoms with van der Waals surface area (Å²) in [5.41, 5.74) is 4.44. The SMILES string of the molecule is COc1ccc(Nc2cnnc(Nc3c(C(C)C)cccc3C(C)C)n2)cc1. The Kier molecular flexibility index (Phi) is 6.09. The highest BCUT2D eigenvalue weighted by atomic mass is 16.5. The highest BCUT2D eigenvalue weighted by molar-refractivity contribution is 5.66. The van der Waals surface area contributed by atoms with E-state index < -0.39 is 0 Å². The summed E-state index contributed by atoms with van der Waals surface area (Å²) in [7, 11) is 1.65. The summed E-state index contributed by atoms with van der Waals surface area (Å²) in [6.45, 7) is 8.74. The Morgan fingerprint density at radius 2 is 1.50 bits per heavy atom. The second-order valence-corrected chi connectivity index (χ2v) is 7.26. The van der Waals surface area contributed by atoms with Crippen LogP contribution in [0.2, 0.25) is 0 Å². The molecule has 1 heterocycles. The highest BCUT2D eigenvalue weighted by Gasteiger charge is 2.15. The van der Waals surface area contributed by atoms with Gasteiger partial charge >= 0.3 is 0 Å². The van der Waals surface area contributed by atoms with Crippen molar-refractivity contribution >= 4 is 23.1 Å². The van der Waals surface area contributed by atoms with Gasteiger partial charge in [-0.1, -0.05) is 45.9 Å². The van der Waals surface area contributed by atoms with Crippen molar-refractivity contribution in [3.8, 4) is 5.75 Å². The van der Waals surface area contributed by atoms with Crippen molar-refractivity contribution in [2.24, 2.45) is 0 Å². The molecule has 6 heteroatoms. The molecule has 3 rings (SSSR count). The Hall–Kier alpha value is -3.15. The van der Waals surface area contributed by atoms with Crippen LogP contribution < -0.4 is 15.4 Å². The first-order valence-electron chi connectivity index (χ1n) is 9.48. The van der Waals surface area contributed by atoms with Crippen LogP contribution in [0, 0.1) is 0 Å². The van der Waals surface area contributed by atoms with Crippen LogP contribution >= 0.6 is 0 Å². The van der Waals surface area contributed by atoms with Crippen LogP contribution in [0.1, 0.15) is 50.7 Å². The molecule has 2 N–H and O–H groups in total. The molecule has 0 amide bonds. The van der Waals surface area contributed by atoms with Gasteiger partial charge in [0.25, 0.3) is 0 Å². The minimum absolute atomic E-state index is 0.384. The lowest BCUT2D eigenvalue weighted by Crippen LogP contribution is -2.07. The second kappa shape index (κ2) is 8.69. The molecule has 3 aromatic rings. The van der Waals surface area contributed by atoms with E-state index in [-0.39, 0.29) is 0 Å². The largest absolute Gasteiger partial charge is 0.497 e. The molecule has 0 saturated carbocycles. The molecule has 0 radical (unpaired) electrons. The molecule has 0 aliphatic rings. The van der Waals surface area contributed by atoms with E-state index in [1.165, 1.54) is 11.1 Å². The summed E-state index contributed by atoms with van der Waals surface area (Å²) in [4.78, 5) is 4.58. The zero-order valence-electron chi connectivity index (χ0n) is 17.0. The van der Waals surface area contributed by atoms with Gasteiger partial charge in [-0.2, -0.15) is 10.1 Å². The third kappa shape index (κ3) is 4.57. The van der Waals surface area contributed by atoms with E-state index in [2.05, 4.69) is 71.7 Å². The third-order valence-electron chi connectivity index (χ3n) is 4.53. The molecule has 0 aliphatic carbocycles. The molecule has 146 valence electrons. The fourth-order valence-corrected chi connectivity index (χ4v) is 3.05. The number of nitrogens with zero attached hydrogens (tertiary/aromatic N) is 3. The number of hydrogen-bond donors (Lipinski definition) is 2. The quantitative estimate of drug-likeness (QED) is 0.557. The molecular formula is C22H27N5O. The Morgan fingerprint density at radius 1 is 0.857 bits per heavy atom. The van der Waals surface area contributed by atoms with Crippen molar-refractivity contribution in [2.45, 2.75) is 39.5 Å². The van der Waals surface area contributed by atoms with E-state index in [4.69, 9.17) is 4.74 Å². The molecule has 0 saturated heterocycles. The van der Waals surface area contributed by atoms with Crippen LogP contribution in [-0.2, 0) is 0 Å². The maximum Gasteiger partial charge on any atom is 0.249 e. The smallest absolute Gasteiger partial charge is 0.249 e. The number of nitrogens with one attached hydrogen (secondary N) is 2. The highest BCUT2D eigenvalue weighted by Crippen LogP contribution is 2.33. The zero-order chi connectivity index (χ0) is 20.1. The normalized spacial score (nSPS) is 11.0. The van der Waals surface area contributed by atoms with E-state index in [0.717, 1.165) is 17.1 Å². The van der Waals surface area contributed by atoms with Gasteiger partial charge in [-0.05, 0) is 47.2 Å². The van der Waals surface area contributed by atoms with Crippen molar-refractivity contribution in [3.63, 3.8) is 0 Å². The first kappa shape index (κ1) is 19.6. The Balaban J connectivity index is 1.87. The van der Waals surface area contributed by atoms with Crippen molar-refractivity contribution in [1.29, 1.82) is 0 Å². The number of anilines is 4. The van der Waals surface area contributed by atoms with Crippen molar-refractivity contribution in [3.05, 3.63) is 59.8 Å². The van der Waals surface area contributed by atoms with Gasteiger partial charge in [-0.15, -0.1) is 5.10 Å². The minimum Gasteiger partial charge on any atom is -0.497 e. The van der Waals surface area contributed by atoms with E-state index in [1.807, 2.05) is 24.3 Å². The van der Waals surface area contributed by atoms with Crippen LogP contribution in [0.4, 0.5) is 23.1 Å². The second-order valence-electron chi connectivity index (χ2n) is 7.26. The molecule has 28 heavy (non-hydrogen) atoms. The summed E-state index contributed by atoms with van der Waals surface area (Å²) in [5.74, 6) is 2.66. The first-order valence-corrected chi connectivity index (χ1v) is 9.48. The number of aromatic nitrogens is 3. The monoisotopic (exact) mass is 377 g/mol. The lowest BCUT2D eigenvalue weighted by molar-refractivity contribution is 0.415. The molecule has 0 aliphatic heterocycles. The van der Waals surface area contributed by atoms with Gasteiger partial charge in [0.1, 0.15) is 5.75 Å². The maximum atomic E-state index is 5.19. The van der Waals surface area contributed by atoms with E-state index in [0.29, 0.717) is 23.6 Å². The van der Waals surface area contributed by atoms with Crippen molar-refractivity contribution in [2.75, 3.05) is 17.7 Å². The molecule has 2 aromatic carbocycles. The fraction of sp³-hybridized carbons (Fsp3) is 0.318.